The van der Waals surface area contributed by atoms with E-state index in [1.807, 2.05) is 37.1 Å². The van der Waals surface area contributed by atoms with Crippen LogP contribution in [-0.4, -0.2) is 36.1 Å². The number of hydrogen-bond acceptors (Lipinski definition) is 2. The van der Waals surface area contributed by atoms with Crippen LogP contribution < -0.4 is 0 Å². The molecule has 0 aliphatic heterocycles. The topological polar surface area (TPSA) is 40.5 Å². The summed E-state index contributed by atoms with van der Waals surface area (Å²) in [6.07, 6.45) is 3.76. The van der Waals surface area contributed by atoms with Gasteiger partial charge in [0.1, 0.15) is 6.61 Å². The number of aliphatic hydroxyl groups excluding tert-OH is 1. The van der Waals surface area contributed by atoms with E-state index in [9.17, 15) is 4.79 Å². The molecule has 0 aromatic heterocycles. The average molecular weight is 271 g/mol. The third kappa shape index (κ3) is 3.40. The Balaban J connectivity index is 2.14. The number of carbonyl (C=O) groups excluding carboxylic acids is 1. The van der Waals surface area contributed by atoms with E-state index >= 15 is 0 Å². The van der Waals surface area contributed by atoms with Crippen molar-refractivity contribution < 1.29 is 9.90 Å². The lowest BCUT2D eigenvalue weighted by Crippen LogP contribution is -2.34. The van der Waals surface area contributed by atoms with Crippen LogP contribution >= 0.6 is 0 Å². The van der Waals surface area contributed by atoms with Crippen molar-refractivity contribution in [2.45, 2.75) is 26.2 Å². The molecule has 0 radical (unpaired) electrons. The van der Waals surface area contributed by atoms with Gasteiger partial charge in [-0.3, -0.25) is 4.79 Å². The maximum atomic E-state index is 12.5. The van der Waals surface area contributed by atoms with Crippen LogP contribution in [0.3, 0.4) is 0 Å². The minimum atomic E-state index is -0.168. The van der Waals surface area contributed by atoms with E-state index < -0.39 is 0 Å². The minimum Gasteiger partial charge on any atom is -0.384 e. The first-order valence-corrected chi connectivity index (χ1v) is 7.07. The summed E-state index contributed by atoms with van der Waals surface area (Å²) in [6.45, 7) is 2.61. The Morgan fingerprint density at radius 3 is 2.80 bits per heavy atom. The second-order valence-corrected chi connectivity index (χ2v) is 5.47. The number of carbonyl (C=O) groups is 1. The summed E-state index contributed by atoms with van der Waals surface area (Å²) in [7, 11) is 1.87. The van der Waals surface area contributed by atoms with Crippen LogP contribution in [0.5, 0.6) is 0 Å². The van der Waals surface area contributed by atoms with Gasteiger partial charge in [-0.1, -0.05) is 24.3 Å². The van der Waals surface area contributed by atoms with Crippen LogP contribution in [0, 0.1) is 24.7 Å². The Labute approximate surface area is 120 Å². The van der Waals surface area contributed by atoms with E-state index in [0.29, 0.717) is 11.5 Å². The van der Waals surface area contributed by atoms with E-state index in [-0.39, 0.29) is 12.5 Å². The zero-order valence-corrected chi connectivity index (χ0v) is 12.1. The molecule has 1 aromatic carbocycles. The maximum absolute atomic E-state index is 12.5. The predicted octanol–water partition coefficient (Wildman–Crippen LogP) is 2.21. The van der Waals surface area contributed by atoms with Gasteiger partial charge in [0.2, 0.25) is 0 Å². The van der Waals surface area contributed by atoms with Gasteiger partial charge in [-0.15, -0.1) is 0 Å². The van der Waals surface area contributed by atoms with Crippen molar-refractivity contribution in [1.29, 1.82) is 0 Å². The third-order valence-electron chi connectivity index (χ3n) is 3.88. The minimum absolute atomic E-state index is 0.0575. The van der Waals surface area contributed by atoms with E-state index in [1.54, 1.807) is 0 Å². The largest absolute Gasteiger partial charge is 0.384 e. The van der Waals surface area contributed by atoms with Gasteiger partial charge < -0.3 is 10.0 Å². The molecule has 1 saturated carbocycles. The Kier molecular flexibility index (Phi) is 4.81. The van der Waals surface area contributed by atoms with Crippen molar-refractivity contribution in [3.05, 3.63) is 34.9 Å². The lowest BCUT2D eigenvalue weighted by molar-refractivity contribution is 0.0744. The van der Waals surface area contributed by atoms with Crippen LogP contribution in [0.1, 0.15) is 40.7 Å². The van der Waals surface area contributed by atoms with Gasteiger partial charge in [0, 0.05) is 24.7 Å². The van der Waals surface area contributed by atoms with Gasteiger partial charge in [-0.25, -0.2) is 0 Å². The van der Waals surface area contributed by atoms with Gasteiger partial charge in [-0.05, 0) is 43.4 Å². The third-order valence-corrected chi connectivity index (χ3v) is 3.88. The summed E-state index contributed by atoms with van der Waals surface area (Å²) in [6, 6.07) is 5.60. The van der Waals surface area contributed by atoms with Crippen molar-refractivity contribution in [1.82, 2.24) is 4.90 Å². The molecule has 0 bridgehead atoms. The summed E-state index contributed by atoms with van der Waals surface area (Å²) in [4.78, 5) is 14.3. The highest BCUT2D eigenvalue weighted by molar-refractivity contribution is 5.95. The molecule has 1 fully saturated rings. The Morgan fingerprint density at radius 2 is 2.20 bits per heavy atom. The quantitative estimate of drug-likeness (QED) is 0.856. The van der Waals surface area contributed by atoms with E-state index in [0.717, 1.165) is 17.7 Å². The summed E-state index contributed by atoms with van der Waals surface area (Å²) in [5, 5.41) is 8.73. The van der Waals surface area contributed by atoms with Gasteiger partial charge in [0.15, 0.2) is 0 Å². The first kappa shape index (κ1) is 14.6. The van der Waals surface area contributed by atoms with Crippen LogP contribution in [0.15, 0.2) is 18.2 Å². The number of benzene rings is 1. The molecule has 3 nitrogen and oxygen atoms in total. The van der Waals surface area contributed by atoms with Gasteiger partial charge in [0.25, 0.3) is 5.91 Å². The molecule has 1 aromatic rings. The fourth-order valence-corrected chi connectivity index (χ4v) is 2.42. The maximum Gasteiger partial charge on any atom is 0.253 e. The highest BCUT2D eigenvalue weighted by Crippen LogP contribution is 2.27. The number of nitrogens with zero attached hydrogens (tertiary/aromatic N) is 1. The number of aliphatic hydroxyl groups is 1. The highest BCUT2D eigenvalue weighted by atomic mass is 16.2. The Hall–Kier alpha value is -1.79. The molecular weight excluding hydrogens is 250 g/mol. The van der Waals surface area contributed by atoms with Gasteiger partial charge in [0.05, 0.1) is 0 Å². The van der Waals surface area contributed by atoms with E-state index in [4.69, 9.17) is 5.11 Å². The van der Waals surface area contributed by atoms with Crippen LogP contribution in [-0.2, 0) is 0 Å². The molecule has 2 rings (SSSR count). The molecule has 1 amide bonds. The highest BCUT2D eigenvalue weighted by Gasteiger charge is 2.22. The first-order valence-electron chi connectivity index (χ1n) is 7.07. The average Bonchev–Trinajstić information content (AvgIpc) is 2.41. The van der Waals surface area contributed by atoms with Crippen molar-refractivity contribution in [3.63, 3.8) is 0 Å². The lowest BCUT2D eigenvalue weighted by atomic mass is 9.85. The summed E-state index contributed by atoms with van der Waals surface area (Å²) in [5.41, 5.74) is 2.44. The smallest absolute Gasteiger partial charge is 0.253 e. The van der Waals surface area contributed by atoms with Crippen LogP contribution in [0.4, 0.5) is 0 Å². The van der Waals surface area contributed by atoms with Crippen molar-refractivity contribution in [2.75, 3.05) is 20.2 Å². The Morgan fingerprint density at radius 1 is 1.45 bits per heavy atom. The number of rotatable bonds is 3. The summed E-state index contributed by atoms with van der Waals surface area (Å²) in [5.74, 6) is 6.18. The molecular formula is C17H21NO2. The van der Waals surface area contributed by atoms with Crippen molar-refractivity contribution in [3.8, 4) is 11.8 Å². The van der Waals surface area contributed by atoms with Crippen molar-refractivity contribution in [2.24, 2.45) is 5.92 Å². The molecule has 0 heterocycles. The van der Waals surface area contributed by atoms with Crippen molar-refractivity contribution >= 4 is 5.91 Å². The molecule has 20 heavy (non-hydrogen) atoms. The second kappa shape index (κ2) is 6.58. The second-order valence-electron chi connectivity index (χ2n) is 5.47. The number of hydrogen-bond donors (Lipinski definition) is 1. The Bertz CT molecular complexity index is 550. The first-order chi connectivity index (χ1) is 9.61. The number of aryl methyl sites for hydroxylation is 1. The molecule has 0 saturated heterocycles. The van der Waals surface area contributed by atoms with E-state index in [1.165, 1.54) is 19.3 Å². The normalized spacial score (nSPS) is 14.2. The molecule has 0 unspecified atom stereocenters. The molecule has 1 aliphatic rings. The fraction of sp³-hybridized carbons (Fsp3) is 0.471. The standard InChI is InChI=1S/C17H21NO2/c1-13-8-9-14(7-4-10-19)11-16(13)17(20)18(2)12-15-5-3-6-15/h8-9,11,15,19H,3,5-6,10,12H2,1-2H3. The van der Waals surface area contributed by atoms with Crippen LogP contribution in [0.25, 0.3) is 0 Å². The zero-order chi connectivity index (χ0) is 14.5. The van der Waals surface area contributed by atoms with E-state index in [2.05, 4.69) is 11.8 Å². The fourth-order valence-electron chi connectivity index (χ4n) is 2.42. The predicted molar refractivity (Wildman–Crippen MR) is 79.4 cm³/mol. The molecule has 0 atom stereocenters. The van der Waals surface area contributed by atoms with Gasteiger partial charge in [-0.2, -0.15) is 0 Å². The molecule has 1 aliphatic carbocycles. The lowest BCUT2D eigenvalue weighted by Gasteiger charge is -2.30. The summed E-state index contributed by atoms with van der Waals surface area (Å²) < 4.78 is 0. The number of amides is 1. The zero-order valence-electron chi connectivity index (χ0n) is 12.1. The molecule has 1 N–H and O–H groups in total. The SMILES string of the molecule is Cc1ccc(C#CCO)cc1C(=O)N(C)CC1CCC1. The molecule has 106 valence electrons. The molecule has 0 spiro atoms. The van der Waals surface area contributed by atoms with Crippen LogP contribution in [0.2, 0.25) is 0 Å². The van der Waals surface area contributed by atoms with Gasteiger partial charge >= 0.3 is 0 Å². The monoisotopic (exact) mass is 271 g/mol. The molecule has 3 heteroatoms. The summed E-state index contributed by atoms with van der Waals surface area (Å²) >= 11 is 0.